The molecule has 0 fully saturated rings. The van der Waals surface area contributed by atoms with Gasteiger partial charge >= 0.3 is 0 Å². The number of thioether (sulfide) groups is 1. The molecule has 1 N–H and O–H groups in total. The monoisotopic (exact) mass is 381 g/mol. The molecule has 0 heterocycles. The van der Waals surface area contributed by atoms with E-state index in [-0.39, 0.29) is 5.91 Å². The van der Waals surface area contributed by atoms with E-state index in [0.29, 0.717) is 6.54 Å². The number of rotatable bonds is 7. The van der Waals surface area contributed by atoms with Gasteiger partial charge in [0, 0.05) is 22.2 Å². The highest BCUT2D eigenvalue weighted by atomic mass is 35.5. The van der Waals surface area contributed by atoms with E-state index >= 15 is 0 Å². The van der Waals surface area contributed by atoms with Crippen LogP contribution >= 0.6 is 23.4 Å². The van der Waals surface area contributed by atoms with Gasteiger partial charge in [0.1, 0.15) is 0 Å². The first-order chi connectivity index (χ1) is 12.7. The number of hydrogen-bond acceptors (Lipinski definition) is 2. The van der Waals surface area contributed by atoms with Crippen LogP contribution in [0.25, 0.3) is 0 Å². The van der Waals surface area contributed by atoms with Gasteiger partial charge in [0.2, 0.25) is 0 Å². The second-order valence-corrected chi connectivity index (χ2v) is 7.36. The number of hydrogen-bond donors (Lipinski definition) is 1. The first-order valence-electron chi connectivity index (χ1n) is 8.51. The summed E-state index contributed by atoms with van der Waals surface area (Å²) < 4.78 is 0. The molecule has 0 saturated carbocycles. The fraction of sp³-hybridized carbons (Fsp3) is 0.136. The fourth-order valence-corrected chi connectivity index (χ4v) is 3.71. The Morgan fingerprint density at radius 2 is 1.54 bits per heavy atom. The van der Waals surface area contributed by atoms with E-state index in [4.69, 9.17) is 11.6 Å². The molecule has 132 valence electrons. The van der Waals surface area contributed by atoms with E-state index < -0.39 is 0 Å². The Bertz CT molecular complexity index is 850. The highest BCUT2D eigenvalue weighted by molar-refractivity contribution is 7.98. The molecular formula is C22H20ClNOS. The zero-order valence-electron chi connectivity index (χ0n) is 14.3. The van der Waals surface area contributed by atoms with Gasteiger partial charge in [-0.2, -0.15) is 0 Å². The van der Waals surface area contributed by atoms with Gasteiger partial charge in [-0.3, -0.25) is 4.79 Å². The summed E-state index contributed by atoms with van der Waals surface area (Å²) in [5, 5.41) is 3.74. The topological polar surface area (TPSA) is 29.1 Å². The average molecular weight is 382 g/mol. The molecule has 0 unspecified atom stereocenters. The van der Waals surface area contributed by atoms with E-state index in [1.54, 1.807) is 11.8 Å². The minimum atomic E-state index is -0.0323. The van der Waals surface area contributed by atoms with Gasteiger partial charge in [0.05, 0.1) is 5.56 Å². The largest absolute Gasteiger partial charge is 0.352 e. The van der Waals surface area contributed by atoms with Gasteiger partial charge < -0.3 is 5.32 Å². The molecule has 4 heteroatoms. The Morgan fingerprint density at radius 1 is 0.846 bits per heavy atom. The van der Waals surface area contributed by atoms with Crippen LogP contribution in [0.3, 0.4) is 0 Å². The van der Waals surface area contributed by atoms with Crippen LogP contribution in [0.15, 0.2) is 83.8 Å². The van der Waals surface area contributed by atoms with Crippen LogP contribution in [-0.4, -0.2) is 12.5 Å². The van der Waals surface area contributed by atoms with Crippen molar-refractivity contribution in [3.05, 3.63) is 101 Å². The Hall–Kier alpha value is -2.23. The zero-order chi connectivity index (χ0) is 18.2. The van der Waals surface area contributed by atoms with Crippen molar-refractivity contribution in [2.24, 2.45) is 0 Å². The summed E-state index contributed by atoms with van der Waals surface area (Å²) in [6.07, 6.45) is 0.780. The van der Waals surface area contributed by atoms with Crippen molar-refractivity contribution in [2.75, 3.05) is 6.54 Å². The summed E-state index contributed by atoms with van der Waals surface area (Å²) in [5.41, 5.74) is 3.13. The van der Waals surface area contributed by atoms with Crippen molar-refractivity contribution in [1.82, 2.24) is 5.32 Å². The molecule has 0 spiro atoms. The number of benzene rings is 3. The molecule has 0 aliphatic heterocycles. The number of halogens is 1. The minimum absolute atomic E-state index is 0.0323. The van der Waals surface area contributed by atoms with Gasteiger partial charge in [-0.05, 0) is 41.8 Å². The predicted molar refractivity (Wildman–Crippen MR) is 110 cm³/mol. The summed E-state index contributed by atoms with van der Waals surface area (Å²) >= 11 is 7.58. The summed E-state index contributed by atoms with van der Waals surface area (Å²) in [6, 6.07) is 25.7. The lowest BCUT2D eigenvalue weighted by molar-refractivity contribution is 0.0951. The van der Waals surface area contributed by atoms with Crippen LogP contribution in [-0.2, 0) is 12.2 Å². The van der Waals surface area contributed by atoms with Gasteiger partial charge in [0.15, 0.2) is 0 Å². The third-order valence-corrected chi connectivity index (χ3v) is 5.38. The van der Waals surface area contributed by atoms with Crippen molar-refractivity contribution >= 4 is 29.3 Å². The number of amides is 1. The fourth-order valence-electron chi connectivity index (χ4n) is 2.58. The molecule has 3 aromatic carbocycles. The van der Waals surface area contributed by atoms with Crippen molar-refractivity contribution in [3.63, 3.8) is 0 Å². The first kappa shape index (κ1) is 18.6. The molecule has 26 heavy (non-hydrogen) atoms. The van der Waals surface area contributed by atoms with Crippen LogP contribution in [0.5, 0.6) is 0 Å². The molecular weight excluding hydrogens is 362 g/mol. The van der Waals surface area contributed by atoms with Crippen LogP contribution in [0, 0.1) is 0 Å². The van der Waals surface area contributed by atoms with Gasteiger partial charge in [-0.15, -0.1) is 11.8 Å². The van der Waals surface area contributed by atoms with E-state index in [2.05, 4.69) is 17.4 Å². The Labute approximate surface area is 163 Å². The zero-order valence-corrected chi connectivity index (χ0v) is 15.9. The Balaban J connectivity index is 1.57. The number of carbonyl (C=O) groups excluding carboxylic acids is 1. The number of nitrogens with one attached hydrogen (secondary N) is 1. The van der Waals surface area contributed by atoms with Crippen molar-refractivity contribution < 1.29 is 4.79 Å². The molecule has 0 saturated heterocycles. The van der Waals surface area contributed by atoms with E-state index in [9.17, 15) is 4.79 Å². The minimum Gasteiger partial charge on any atom is -0.352 e. The molecule has 3 aromatic rings. The lowest BCUT2D eigenvalue weighted by Gasteiger charge is -2.10. The summed E-state index contributed by atoms with van der Waals surface area (Å²) in [6.45, 7) is 0.595. The first-order valence-corrected chi connectivity index (χ1v) is 9.87. The van der Waals surface area contributed by atoms with E-state index in [1.807, 2.05) is 66.7 Å². The molecule has 0 aliphatic carbocycles. The highest BCUT2D eigenvalue weighted by Crippen LogP contribution is 2.26. The second kappa shape index (κ2) is 9.46. The van der Waals surface area contributed by atoms with Crippen molar-refractivity contribution in [2.45, 2.75) is 17.1 Å². The molecule has 0 aromatic heterocycles. The highest BCUT2D eigenvalue weighted by Gasteiger charge is 2.11. The third kappa shape index (κ3) is 5.38. The Morgan fingerprint density at radius 3 is 2.31 bits per heavy atom. The maximum atomic E-state index is 12.6. The molecule has 1 amide bonds. The van der Waals surface area contributed by atoms with Gasteiger partial charge in [-0.1, -0.05) is 66.2 Å². The van der Waals surface area contributed by atoms with Crippen molar-refractivity contribution in [1.29, 1.82) is 0 Å². The predicted octanol–water partition coefficient (Wildman–Crippen LogP) is 5.60. The third-order valence-electron chi connectivity index (χ3n) is 3.98. The molecule has 2 nitrogen and oxygen atoms in total. The SMILES string of the molecule is O=C(NCCc1ccc(Cl)cc1)c1ccccc1SCc1ccccc1. The molecule has 3 rings (SSSR count). The maximum Gasteiger partial charge on any atom is 0.252 e. The second-order valence-electron chi connectivity index (χ2n) is 5.90. The van der Waals surface area contributed by atoms with Crippen LogP contribution < -0.4 is 5.32 Å². The smallest absolute Gasteiger partial charge is 0.252 e. The van der Waals surface area contributed by atoms with E-state index in [0.717, 1.165) is 33.2 Å². The van der Waals surface area contributed by atoms with E-state index in [1.165, 1.54) is 5.56 Å². The lowest BCUT2D eigenvalue weighted by atomic mass is 10.1. The van der Waals surface area contributed by atoms with Crippen LogP contribution in [0.2, 0.25) is 5.02 Å². The summed E-state index contributed by atoms with van der Waals surface area (Å²) in [4.78, 5) is 13.6. The summed E-state index contributed by atoms with van der Waals surface area (Å²) in [7, 11) is 0. The van der Waals surface area contributed by atoms with Crippen LogP contribution in [0.4, 0.5) is 0 Å². The van der Waals surface area contributed by atoms with Gasteiger partial charge in [-0.25, -0.2) is 0 Å². The standard InChI is InChI=1S/C22H20ClNOS/c23-19-12-10-17(11-13-19)14-15-24-22(25)20-8-4-5-9-21(20)26-16-18-6-2-1-3-7-18/h1-13H,14-16H2,(H,24,25). The van der Waals surface area contributed by atoms with Crippen molar-refractivity contribution in [3.8, 4) is 0 Å². The maximum absolute atomic E-state index is 12.6. The Kier molecular flexibility index (Phi) is 6.75. The average Bonchev–Trinajstić information content (AvgIpc) is 2.69. The normalized spacial score (nSPS) is 10.5. The lowest BCUT2D eigenvalue weighted by Crippen LogP contribution is -2.26. The molecule has 0 aliphatic rings. The quantitative estimate of drug-likeness (QED) is 0.539. The molecule has 0 atom stereocenters. The number of carbonyl (C=O) groups is 1. The molecule has 0 radical (unpaired) electrons. The van der Waals surface area contributed by atoms with Crippen LogP contribution in [0.1, 0.15) is 21.5 Å². The molecule has 0 bridgehead atoms. The van der Waals surface area contributed by atoms with Gasteiger partial charge in [0.25, 0.3) is 5.91 Å². The summed E-state index contributed by atoms with van der Waals surface area (Å²) in [5.74, 6) is 0.811.